The second-order valence-corrected chi connectivity index (χ2v) is 4.82. The van der Waals surface area contributed by atoms with Gasteiger partial charge in [0.15, 0.2) is 0 Å². The molecule has 0 saturated heterocycles. The molecule has 0 amide bonds. The molecule has 1 saturated carbocycles. The van der Waals surface area contributed by atoms with E-state index in [2.05, 4.69) is 6.92 Å². The van der Waals surface area contributed by atoms with Gasteiger partial charge in [0.2, 0.25) is 0 Å². The van der Waals surface area contributed by atoms with E-state index in [1.54, 1.807) is 0 Å². The van der Waals surface area contributed by atoms with Gasteiger partial charge in [0, 0.05) is 0 Å². The maximum absolute atomic E-state index is 11.2. The van der Waals surface area contributed by atoms with Crippen LogP contribution >= 0.6 is 0 Å². The van der Waals surface area contributed by atoms with Crippen LogP contribution in [0, 0.1) is 17.8 Å². The minimum atomic E-state index is -0.588. The standard InChI is InChI=1S/C13H24O2/c1-3-11(12(4-2)13(14)15)10-8-6-5-7-9-10/h10-12H,3-9H2,1-2H3,(H,14,15). The van der Waals surface area contributed by atoms with Crippen LogP contribution in [-0.2, 0) is 4.79 Å². The normalized spacial score (nSPS) is 22.3. The summed E-state index contributed by atoms with van der Waals surface area (Å²) < 4.78 is 0. The zero-order chi connectivity index (χ0) is 11.3. The fourth-order valence-electron chi connectivity index (χ4n) is 3.17. The minimum Gasteiger partial charge on any atom is -0.481 e. The van der Waals surface area contributed by atoms with Gasteiger partial charge >= 0.3 is 5.97 Å². The zero-order valence-corrected chi connectivity index (χ0v) is 10.0. The van der Waals surface area contributed by atoms with E-state index in [1.165, 1.54) is 32.1 Å². The quantitative estimate of drug-likeness (QED) is 0.754. The van der Waals surface area contributed by atoms with Crippen LogP contribution in [0.25, 0.3) is 0 Å². The molecule has 2 atom stereocenters. The summed E-state index contributed by atoms with van der Waals surface area (Å²) in [6.07, 6.45) is 8.26. The average Bonchev–Trinajstić information content (AvgIpc) is 2.26. The van der Waals surface area contributed by atoms with Gasteiger partial charge in [0.25, 0.3) is 0 Å². The first-order valence-corrected chi connectivity index (χ1v) is 6.43. The van der Waals surface area contributed by atoms with Crippen molar-refractivity contribution in [2.45, 2.75) is 58.8 Å². The summed E-state index contributed by atoms with van der Waals surface area (Å²) >= 11 is 0. The minimum absolute atomic E-state index is 0.113. The summed E-state index contributed by atoms with van der Waals surface area (Å²) in [6.45, 7) is 4.15. The molecule has 0 radical (unpaired) electrons. The Kier molecular flexibility index (Phi) is 5.13. The fraction of sp³-hybridized carbons (Fsp3) is 0.923. The van der Waals surface area contributed by atoms with Crippen LogP contribution in [0.2, 0.25) is 0 Å². The molecule has 2 nitrogen and oxygen atoms in total. The van der Waals surface area contributed by atoms with E-state index in [0.717, 1.165) is 12.8 Å². The van der Waals surface area contributed by atoms with Crippen LogP contribution in [-0.4, -0.2) is 11.1 Å². The van der Waals surface area contributed by atoms with Crippen molar-refractivity contribution in [1.29, 1.82) is 0 Å². The second kappa shape index (κ2) is 6.14. The number of rotatable bonds is 5. The maximum Gasteiger partial charge on any atom is 0.306 e. The van der Waals surface area contributed by atoms with E-state index >= 15 is 0 Å². The molecule has 2 unspecified atom stereocenters. The molecule has 1 aliphatic carbocycles. The second-order valence-electron chi connectivity index (χ2n) is 4.82. The van der Waals surface area contributed by atoms with Crippen molar-refractivity contribution in [3.05, 3.63) is 0 Å². The Morgan fingerprint density at radius 2 is 1.80 bits per heavy atom. The van der Waals surface area contributed by atoms with E-state index in [-0.39, 0.29) is 5.92 Å². The van der Waals surface area contributed by atoms with Crippen molar-refractivity contribution >= 4 is 5.97 Å². The summed E-state index contributed by atoms with van der Waals surface area (Å²) in [7, 11) is 0. The van der Waals surface area contributed by atoms with Crippen LogP contribution in [0.1, 0.15) is 58.8 Å². The third kappa shape index (κ3) is 3.22. The van der Waals surface area contributed by atoms with Crippen molar-refractivity contribution in [1.82, 2.24) is 0 Å². The summed E-state index contributed by atoms with van der Waals surface area (Å²) in [4.78, 5) is 11.2. The van der Waals surface area contributed by atoms with E-state index in [4.69, 9.17) is 0 Å². The predicted octanol–water partition coefficient (Wildman–Crippen LogP) is 3.70. The van der Waals surface area contributed by atoms with Gasteiger partial charge in [-0.1, -0.05) is 52.4 Å². The average molecular weight is 212 g/mol. The van der Waals surface area contributed by atoms with E-state index in [1.807, 2.05) is 6.92 Å². The number of hydrogen-bond acceptors (Lipinski definition) is 1. The lowest BCUT2D eigenvalue weighted by Gasteiger charge is -2.33. The monoisotopic (exact) mass is 212 g/mol. The van der Waals surface area contributed by atoms with Crippen LogP contribution in [0.3, 0.4) is 0 Å². The van der Waals surface area contributed by atoms with Crippen LogP contribution in [0.4, 0.5) is 0 Å². The number of carboxylic acid groups (broad SMARTS) is 1. The largest absolute Gasteiger partial charge is 0.481 e. The van der Waals surface area contributed by atoms with Crippen molar-refractivity contribution in [2.75, 3.05) is 0 Å². The van der Waals surface area contributed by atoms with Gasteiger partial charge in [-0.15, -0.1) is 0 Å². The van der Waals surface area contributed by atoms with Gasteiger partial charge in [-0.3, -0.25) is 4.79 Å². The molecule has 0 heterocycles. The highest BCUT2D eigenvalue weighted by atomic mass is 16.4. The van der Waals surface area contributed by atoms with E-state index in [9.17, 15) is 9.90 Å². The Morgan fingerprint density at radius 1 is 1.20 bits per heavy atom. The lowest BCUT2D eigenvalue weighted by atomic mass is 9.72. The molecule has 1 aliphatic rings. The van der Waals surface area contributed by atoms with E-state index < -0.39 is 5.97 Å². The van der Waals surface area contributed by atoms with Crippen molar-refractivity contribution in [3.8, 4) is 0 Å². The van der Waals surface area contributed by atoms with Gasteiger partial charge < -0.3 is 5.11 Å². The molecule has 0 aromatic rings. The highest BCUT2D eigenvalue weighted by Crippen LogP contribution is 2.37. The smallest absolute Gasteiger partial charge is 0.306 e. The number of aliphatic carboxylic acids is 1. The van der Waals surface area contributed by atoms with Crippen LogP contribution in [0.5, 0.6) is 0 Å². The molecule has 0 aromatic carbocycles. The molecule has 0 spiro atoms. The molecule has 1 fully saturated rings. The summed E-state index contributed by atoms with van der Waals surface area (Å²) in [5, 5.41) is 9.21. The first kappa shape index (κ1) is 12.5. The van der Waals surface area contributed by atoms with Gasteiger partial charge in [0.1, 0.15) is 0 Å². The SMILES string of the molecule is CCC(C(=O)O)C(CC)C1CCCCC1. The number of carbonyl (C=O) groups is 1. The summed E-state index contributed by atoms with van der Waals surface area (Å²) in [6, 6.07) is 0. The van der Waals surface area contributed by atoms with Crippen molar-refractivity contribution in [2.24, 2.45) is 17.8 Å². The zero-order valence-electron chi connectivity index (χ0n) is 10.0. The molecular formula is C13H24O2. The molecule has 0 aliphatic heterocycles. The molecule has 1 N–H and O–H groups in total. The summed E-state index contributed by atoms with van der Waals surface area (Å²) in [5.41, 5.74) is 0. The Bertz CT molecular complexity index is 195. The highest BCUT2D eigenvalue weighted by Gasteiger charge is 2.32. The third-order valence-corrected chi connectivity index (χ3v) is 4.00. The Balaban J connectivity index is 2.62. The first-order valence-electron chi connectivity index (χ1n) is 6.43. The lowest BCUT2D eigenvalue weighted by Crippen LogP contribution is -2.30. The number of carboxylic acids is 1. The predicted molar refractivity (Wildman–Crippen MR) is 61.8 cm³/mol. The van der Waals surface area contributed by atoms with E-state index in [0.29, 0.717) is 11.8 Å². The third-order valence-electron chi connectivity index (χ3n) is 4.00. The Labute approximate surface area is 93.1 Å². The van der Waals surface area contributed by atoms with Gasteiger partial charge in [-0.05, 0) is 18.3 Å². The van der Waals surface area contributed by atoms with Crippen molar-refractivity contribution < 1.29 is 9.90 Å². The molecule has 88 valence electrons. The fourth-order valence-corrected chi connectivity index (χ4v) is 3.17. The molecule has 1 rings (SSSR count). The number of hydrogen-bond donors (Lipinski definition) is 1. The Morgan fingerprint density at radius 3 is 2.20 bits per heavy atom. The highest BCUT2D eigenvalue weighted by molar-refractivity contribution is 5.70. The van der Waals surface area contributed by atoms with Gasteiger partial charge in [0.05, 0.1) is 5.92 Å². The maximum atomic E-state index is 11.2. The molecule has 15 heavy (non-hydrogen) atoms. The molecule has 0 bridgehead atoms. The van der Waals surface area contributed by atoms with Crippen LogP contribution < -0.4 is 0 Å². The first-order chi connectivity index (χ1) is 7.20. The lowest BCUT2D eigenvalue weighted by molar-refractivity contribution is -0.145. The molecule has 0 aromatic heterocycles. The van der Waals surface area contributed by atoms with Gasteiger partial charge in [-0.25, -0.2) is 0 Å². The topological polar surface area (TPSA) is 37.3 Å². The van der Waals surface area contributed by atoms with Crippen LogP contribution in [0.15, 0.2) is 0 Å². The molecular weight excluding hydrogens is 188 g/mol. The summed E-state index contributed by atoms with van der Waals surface area (Å²) in [5.74, 6) is 0.380. The molecule has 2 heteroatoms. The van der Waals surface area contributed by atoms with Crippen molar-refractivity contribution in [3.63, 3.8) is 0 Å². The Hall–Kier alpha value is -0.530. The van der Waals surface area contributed by atoms with Gasteiger partial charge in [-0.2, -0.15) is 0 Å².